The Kier molecular flexibility index (Phi) is 4.09. The van der Waals surface area contributed by atoms with Crippen molar-refractivity contribution in [1.82, 2.24) is 20.2 Å². The van der Waals surface area contributed by atoms with Gasteiger partial charge in [0.1, 0.15) is 6.33 Å². The number of hydrogen-bond acceptors (Lipinski definition) is 6. The second-order valence-corrected chi connectivity index (χ2v) is 6.67. The van der Waals surface area contributed by atoms with Crippen LogP contribution in [0.25, 0.3) is 5.69 Å². The second-order valence-electron chi connectivity index (χ2n) is 4.99. The molecule has 2 aromatic carbocycles. The first-order chi connectivity index (χ1) is 11.5. The van der Waals surface area contributed by atoms with Crippen molar-refractivity contribution < 1.29 is 13.2 Å². The second kappa shape index (κ2) is 6.20. The van der Waals surface area contributed by atoms with E-state index in [2.05, 4.69) is 20.2 Å². The van der Waals surface area contributed by atoms with E-state index in [4.69, 9.17) is 0 Å². The fraction of sp³-hybridized carbons (Fsp3) is 0.0667. The molecule has 1 aromatic heterocycles. The highest BCUT2D eigenvalue weighted by Gasteiger charge is 2.15. The van der Waals surface area contributed by atoms with E-state index in [1.54, 1.807) is 30.3 Å². The summed E-state index contributed by atoms with van der Waals surface area (Å²) in [6, 6.07) is 12.5. The van der Waals surface area contributed by atoms with Crippen molar-refractivity contribution in [3.8, 4) is 5.69 Å². The number of ketones is 1. The van der Waals surface area contributed by atoms with Crippen molar-refractivity contribution in [3.63, 3.8) is 0 Å². The topological polar surface area (TPSA) is 107 Å². The Labute approximate surface area is 138 Å². The highest BCUT2D eigenvalue weighted by Crippen LogP contribution is 2.18. The van der Waals surface area contributed by atoms with E-state index in [1.807, 2.05) is 0 Å². The predicted octanol–water partition coefficient (Wildman–Crippen LogP) is 1.67. The first kappa shape index (κ1) is 15.8. The molecule has 0 aliphatic carbocycles. The number of nitrogens with one attached hydrogen (secondary N) is 1. The zero-order valence-electron chi connectivity index (χ0n) is 12.6. The van der Waals surface area contributed by atoms with E-state index >= 15 is 0 Å². The third kappa shape index (κ3) is 3.30. The molecule has 0 radical (unpaired) electrons. The lowest BCUT2D eigenvalue weighted by Crippen LogP contribution is -2.13. The van der Waals surface area contributed by atoms with Crippen LogP contribution in [0.2, 0.25) is 0 Å². The van der Waals surface area contributed by atoms with Crippen LogP contribution in [0.5, 0.6) is 0 Å². The van der Waals surface area contributed by atoms with Gasteiger partial charge < -0.3 is 0 Å². The summed E-state index contributed by atoms with van der Waals surface area (Å²) in [5.41, 5.74) is 1.42. The van der Waals surface area contributed by atoms with Crippen molar-refractivity contribution in [2.45, 2.75) is 11.8 Å². The molecule has 1 heterocycles. The SMILES string of the molecule is CC(=O)c1cccc(S(=O)(=O)Nc2ccc(-n3cnnn3)cc2)c1. The Balaban J connectivity index is 1.84. The molecule has 8 nitrogen and oxygen atoms in total. The van der Waals surface area contributed by atoms with Crippen LogP contribution in [0.4, 0.5) is 5.69 Å². The lowest BCUT2D eigenvalue weighted by Gasteiger charge is -2.09. The van der Waals surface area contributed by atoms with Crippen molar-refractivity contribution in [2.75, 3.05) is 4.72 Å². The molecule has 0 amide bonds. The molecule has 3 aromatic rings. The van der Waals surface area contributed by atoms with Crippen LogP contribution in [0.3, 0.4) is 0 Å². The number of hydrogen-bond donors (Lipinski definition) is 1. The molecule has 0 aliphatic rings. The number of anilines is 1. The first-order valence-corrected chi connectivity index (χ1v) is 8.41. The van der Waals surface area contributed by atoms with E-state index in [9.17, 15) is 13.2 Å². The van der Waals surface area contributed by atoms with Gasteiger partial charge >= 0.3 is 0 Å². The van der Waals surface area contributed by atoms with Gasteiger partial charge in [0.05, 0.1) is 10.6 Å². The summed E-state index contributed by atoms with van der Waals surface area (Å²) < 4.78 is 28.8. The number of tetrazole rings is 1. The lowest BCUT2D eigenvalue weighted by molar-refractivity contribution is 0.101. The van der Waals surface area contributed by atoms with Crippen molar-refractivity contribution in [2.24, 2.45) is 0 Å². The molecular formula is C15H13N5O3S. The monoisotopic (exact) mass is 343 g/mol. The molecule has 0 aliphatic heterocycles. The highest BCUT2D eigenvalue weighted by molar-refractivity contribution is 7.92. The maximum absolute atomic E-state index is 12.4. The molecule has 1 N–H and O–H groups in total. The quantitative estimate of drug-likeness (QED) is 0.706. The molecule has 0 saturated heterocycles. The number of carbonyl (C=O) groups excluding carboxylic acids is 1. The number of benzene rings is 2. The fourth-order valence-corrected chi connectivity index (χ4v) is 3.16. The summed E-state index contributed by atoms with van der Waals surface area (Å²) in [7, 11) is -3.79. The van der Waals surface area contributed by atoms with Crippen LogP contribution in [0, 0.1) is 0 Å². The molecule has 0 unspecified atom stereocenters. The average Bonchev–Trinajstić information content (AvgIpc) is 3.10. The molecule has 9 heteroatoms. The van der Waals surface area contributed by atoms with Gasteiger partial charge in [-0.25, -0.2) is 13.1 Å². The number of nitrogens with zero attached hydrogens (tertiary/aromatic N) is 4. The Morgan fingerprint density at radius 3 is 2.50 bits per heavy atom. The Morgan fingerprint density at radius 2 is 1.88 bits per heavy atom. The van der Waals surface area contributed by atoms with E-state index < -0.39 is 10.0 Å². The summed E-state index contributed by atoms with van der Waals surface area (Å²) in [5.74, 6) is -0.196. The predicted molar refractivity (Wildman–Crippen MR) is 86.4 cm³/mol. The first-order valence-electron chi connectivity index (χ1n) is 6.93. The lowest BCUT2D eigenvalue weighted by atomic mass is 10.2. The van der Waals surface area contributed by atoms with Gasteiger partial charge in [0, 0.05) is 11.3 Å². The van der Waals surface area contributed by atoms with Crippen LogP contribution in [0.15, 0.2) is 59.8 Å². The van der Waals surface area contributed by atoms with Gasteiger partial charge in [-0.05, 0) is 53.7 Å². The maximum atomic E-state index is 12.4. The minimum Gasteiger partial charge on any atom is -0.295 e. The zero-order valence-corrected chi connectivity index (χ0v) is 13.4. The van der Waals surface area contributed by atoms with Gasteiger partial charge in [-0.1, -0.05) is 12.1 Å². The molecule has 0 atom stereocenters. The summed E-state index contributed by atoms with van der Waals surface area (Å²) in [6.45, 7) is 1.39. The van der Waals surface area contributed by atoms with E-state index in [0.29, 0.717) is 16.9 Å². The van der Waals surface area contributed by atoms with Gasteiger partial charge in [-0.3, -0.25) is 9.52 Å². The van der Waals surface area contributed by atoms with Gasteiger partial charge in [0.2, 0.25) is 0 Å². The van der Waals surface area contributed by atoms with E-state index in [0.717, 1.165) is 0 Å². The molecule has 122 valence electrons. The molecule has 24 heavy (non-hydrogen) atoms. The Morgan fingerprint density at radius 1 is 1.12 bits per heavy atom. The van der Waals surface area contributed by atoms with E-state index in [-0.39, 0.29) is 10.7 Å². The van der Waals surface area contributed by atoms with Gasteiger partial charge in [-0.15, -0.1) is 5.10 Å². The van der Waals surface area contributed by atoms with Gasteiger partial charge in [0.25, 0.3) is 10.0 Å². The third-order valence-electron chi connectivity index (χ3n) is 3.28. The molecule has 0 bridgehead atoms. The third-order valence-corrected chi connectivity index (χ3v) is 4.66. The summed E-state index contributed by atoms with van der Waals surface area (Å²) >= 11 is 0. The van der Waals surface area contributed by atoms with Gasteiger partial charge in [0.15, 0.2) is 5.78 Å². The standard InChI is InChI=1S/C15H13N5O3S/c1-11(21)12-3-2-4-15(9-12)24(22,23)17-13-5-7-14(8-6-13)20-10-16-18-19-20/h2-10,17H,1H3. The van der Waals surface area contributed by atoms with Crippen LogP contribution in [0.1, 0.15) is 17.3 Å². The average molecular weight is 343 g/mol. The number of aromatic nitrogens is 4. The molecule has 0 saturated carbocycles. The molecular weight excluding hydrogens is 330 g/mol. The summed E-state index contributed by atoms with van der Waals surface area (Å²) in [5, 5.41) is 10.8. The molecule has 0 spiro atoms. The normalized spacial score (nSPS) is 11.2. The van der Waals surface area contributed by atoms with Gasteiger partial charge in [-0.2, -0.15) is 0 Å². The van der Waals surface area contributed by atoms with Crippen molar-refractivity contribution in [3.05, 3.63) is 60.4 Å². The molecule has 0 fully saturated rings. The van der Waals surface area contributed by atoms with E-state index in [1.165, 1.54) is 36.1 Å². The minimum absolute atomic E-state index is 0.0275. The number of rotatable bonds is 5. The fourth-order valence-electron chi connectivity index (χ4n) is 2.06. The highest BCUT2D eigenvalue weighted by atomic mass is 32.2. The van der Waals surface area contributed by atoms with Crippen LogP contribution in [-0.2, 0) is 10.0 Å². The zero-order chi connectivity index (χ0) is 17.2. The molecule has 3 rings (SSSR count). The summed E-state index contributed by atoms with van der Waals surface area (Å²) in [4.78, 5) is 11.4. The van der Waals surface area contributed by atoms with Crippen LogP contribution in [-0.4, -0.2) is 34.4 Å². The smallest absolute Gasteiger partial charge is 0.261 e. The maximum Gasteiger partial charge on any atom is 0.261 e. The number of sulfonamides is 1. The minimum atomic E-state index is -3.79. The van der Waals surface area contributed by atoms with Crippen molar-refractivity contribution >= 4 is 21.5 Å². The largest absolute Gasteiger partial charge is 0.295 e. The number of Topliss-reactive ketones (excluding diaryl/α,β-unsaturated/α-hetero) is 1. The van der Waals surface area contributed by atoms with Crippen molar-refractivity contribution in [1.29, 1.82) is 0 Å². The Hall–Kier alpha value is -3.07. The number of carbonyl (C=O) groups is 1. The Bertz CT molecular complexity index is 967. The van der Waals surface area contributed by atoms with Crippen LogP contribution < -0.4 is 4.72 Å². The van der Waals surface area contributed by atoms with Crippen LogP contribution >= 0.6 is 0 Å². The summed E-state index contributed by atoms with van der Waals surface area (Å²) in [6.07, 6.45) is 1.44.